The third kappa shape index (κ3) is 3.41. The Morgan fingerprint density at radius 1 is 1.43 bits per heavy atom. The number of esters is 2. The molecule has 150 valence electrons. The Balaban J connectivity index is 2.12. The van der Waals surface area contributed by atoms with E-state index in [4.69, 9.17) is 24.1 Å². The summed E-state index contributed by atoms with van der Waals surface area (Å²) >= 11 is 0. The minimum atomic E-state index is -1.32. The molecule has 0 unspecified atom stereocenters. The molecule has 28 heavy (non-hydrogen) atoms. The standard InChI is InChI=1S/C20H22O8/c1-10-5-14(26-18(23)11(2)8-21)17-12(9-25-4)19(24)27-15(17)7-20(3)16(22)6-13(10)28-20/h6-7,10,14,21H,2,5,8-9H2,1,3-4H3/b15-7+/t10-,14-,20-/m0/s1. The van der Waals surface area contributed by atoms with E-state index in [1.165, 1.54) is 19.3 Å². The molecule has 3 atom stereocenters. The highest BCUT2D eigenvalue weighted by Gasteiger charge is 2.46. The fourth-order valence-electron chi connectivity index (χ4n) is 3.35. The molecule has 2 bridgehead atoms. The second-order valence-corrected chi connectivity index (χ2v) is 7.14. The molecule has 0 aromatic carbocycles. The highest BCUT2D eigenvalue weighted by atomic mass is 16.6. The molecule has 0 aliphatic carbocycles. The molecule has 0 aromatic rings. The fraction of sp³-hybridized carbons (Fsp3) is 0.450. The minimum absolute atomic E-state index is 0.0525. The molecule has 3 aliphatic rings. The maximum Gasteiger partial charge on any atom is 0.342 e. The fourth-order valence-corrected chi connectivity index (χ4v) is 3.35. The average Bonchev–Trinajstić information content (AvgIpc) is 3.10. The molecule has 3 heterocycles. The highest BCUT2D eigenvalue weighted by molar-refractivity contribution is 6.02. The average molecular weight is 390 g/mol. The molecule has 0 saturated heterocycles. The van der Waals surface area contributed by atoms with Crippen LogP contribution in [-0.4, -0.2) is 54.9 Å². The predicted molar refractivity (Wildman–Crippen MR) is 95.5 cm³/mol. The van der Waals surface area contributed by atoms with E-state index in [1.807, 2.05) is 6.92 Å². The summed E-state index contributed by atoms with van der Waals surface area (Å²) in [4.78, 5) is 37.1. The van der Waals surface area contributed by atoms with E-state index in [0.717, 1.165) is 0 Å². The number of aliphatic hydroxyl groups excluding tert-OH is 1. The van der Waals surface area contributed by atoms with Gasteiger partial charge >= 0.3 is 11.9 Å². The molecule has 0 radical (unpaired) electrons. The van der Waals surface area contributed by atoms with E-state index < -0.39 is 30.3 Å². The SMILES string of the molecule is C=C(CO)C(=O)O[C@H]1C[C@H](C)C2=CC(=O)[C@](C)(/C=C3/OC(=O)C(COC)=C31)O2. The van der Waals surface area contributed by atoms with Crippen molar-refractivity contribution in [1.82, 2.24) is 0 Å². The Morgan fingerprint density at radius 2 is 2.14 bits per heavy atom. The minimum Gasteiger partial charge on any atom is -0.479 e. The van der Waals surface area contributed by atoms with Crippen LogP contribution in [0.4, 0.5) is 0 Å². The summed E-state index contributed by atoms with van der Waals surface area (Å²) in [7, 11) is 1.43. The number of fused-ring (bicyclic) bond motifs is 3. The zero-order valence-corrected chi connectivity index (χ0v) is 15.9. The summed E-state index contributed by atoms with van der Waals surface area (Å²) in [6.07, 6.45) is 2.19. The van der Waals surface area contributed by atoms with Crippen LogP contribution >= 0.6 is 0 Å². The van der Waals surface area contributed by atoms with Gasteiger partial charge in [0.15, 0.2) is 5.60 Å². The van der Waals surface area contributed by atoms with Gasteiger partial charge in [-0.1, -0.05) is 13.5 Å². The van der Waals surface area contributed by atoms with Crippen molar-refractivity contribution in [2.24, 2.45) is 5.92 Å². The van der Waals surface area contributed by atoms with Gasteiger partial charge in [-0.3, -0.25) is 4.79 Å². The van der Waals surface area contributed by atoms with Gasteiger partial charge in [-0.05, 0) is 13.3 Å². The number of aliphatic hydroxyl groups is 1. The summed E-state index contributed by atoms with van der Waals surface area (Å²) in [5, 5.41) is 9.16. The number of methoxy groups -OCH3 is 1. The molecule has 8 nitrogen and oxygen atoms in total. The largest absolute Gasteiger partial charge is 0.479 e. The van der Waals surface area contributed by atoms with Crippen molar-refractivity contribution in [3.8, 4) is 0 Å². The maximum atomic E-state index is 12.5. The van der Waals surface area contributed by atoms with E-state index in [2.05, 4.69) is 6.58 Å². The van der Waals surface area contributed by atoms with Crippen molar-refractivity contribution in [3.05, 3.63) is 47.0 Å². The first-order valence-corrected chi connectivity index (χ1v) is 8.82. The summed E-state index contributed by atoms with van der Waals surface area (Å²) in [6.45, 7) is 6.28. The van der Waals surface area contributed by atoms with Gasteiger partial charge in [0.1, 0.15) is 17.6 Å². The number of hydrogen-bond acceptors (Lipinski definition) is 8. The van der Waals surface area contributed by atoms with Crippen molar-refractivity contribution in [3.63, 3.8) is 0 Å². The van der Waals surface area contributed by atoms with E-state index in [-0.39, 0.29) is 41.6 Å². The third-order valence-corrected chi connectivity index (χ3v) is 4.93. The number of hydrogen-bond donors (Lipinski definition) is 1. The van der Waals surface area contributed by atoms with Gasteiger partial charge in [0.05, 0.1) is 24.4 Å². The summed E-state index contributed by atoms with van der Waals surface area (Å²) in [5.41, 5.74) is -0.892. The summed E-state index contributed by atoms with van der Waals surface area (Å²) in [5.74, 6) is -1.41. The van der Waals surface area contributed by atoms with Crippen LogP contribution in [0.1, 0.15) is 20.3 Å². The van der Waals surface area contributed by atoms with E-state index in [9.17, 15) is 14.4 Å². The Kier molecular flexibility index (Phi) is 5.27. The van der Waals surface area contributed by atoms with E-state index in [1.54, 1.807) is 6.92 Å². The Morgan fingerprint density at radius 3 is 2.79 bits per heavy atom. The van der Waals surface area contributed by atoms with Crippen molar-refractivity contribution < 1.29 is 38.4 Å². The molecule has 1 N–H and O–H groups in total. The molecule has 0 spiro atoms. The van der Waals surface area contributed by atoms with Gasteiger partial charge < -0.3 is 24.1 Å². The Hall–Kier alpha value is -2.71. The Bertz CT molecular complexity index is 846. The number of allylic oxidation sites excluding steroid dienone is 1. The van der Waals surface area contributed by atoms with Crippen molar-refractivity contribution in [1.29, 1.82) is 0 Å². The lowest BCUT2D eigenvalue weighted by Gasteiger charge is -2.23. The summed E-state index contributed by atoms with van der Waals surface area (Å²) < 4.78 is 21.9. The highest BCUT2D eigenvalue weighted by Crippen LogP contribution is 2.41. The number of rotatable bonds is 5. The molecule has 0 amide bonds. The van der Waals surface area contributed by atoms with Crippen molar-refractivity contribution in [2.75, 3.05) is 20.3 Å². The lowest BCUT2D eigenvalue weighted by atomic mass is 9.90. The van der Waals surface area contributed by atoms with E-state index in [0.29, 0.717) is 11.3 Å². The first kappa shape index (κ1) is 20.0. The molecule has 3 aliphatic heterocycles. The van der Waals surface area contributed by atoms with Crippen LogP contribution in [0.3, 0.4) is 0 Å². The van der Waals surface area contributed by atoms with Crippen molar-refractivity contribution >= 4 is 17.7 Å². The lowest BCUT2D eigenvalue weighted by molar-refractivity contribution is -0.143. The van der Waals surface area contributed by atoms with Crippen LogP contribution in [0.25, 0.3) is 0 Å². The van der Waals surface area contributed by atoms with Gasteiger partial charge in [0.25, 0.3) is 0 Å². The molecule has 0 aromatic heterocycles. The normalized spacial score (nSPS) is 30.9. The third-order valence-electron chi connectivity index (χ3n) is 4.93. The molecular formula is C20H22O8. The van der Waals surface area contributed by atoms with Crippen LogP contribution in [0.5, 0.6) is 0 Å². The monoisotopic (exact) mass is 390 g/mol. The smallest absolute Gasteiger partial charge is 0.342 e. The van der Waals surface area contributed by atoms with Gasteiger partial charge in [-0.2, -0.15) is 0 Å². The van der Waals surface area contributed by atoms with Gasteiger partial charge in [0.2, 0.25) is 5.78 Å². The second-order valence-electron chi connectivity index (χ2n) is 7.14. The predicted octanol–water partition coefficient (Wildman–Crippen LogP) is 1.11. The van der Waals surface area contributed by atoms with E-state index >= 15 is 0 Å². The van der Waals surface area contributed by atoms with Gasteiger partial charge in [0, 0.05) is 30.8 Å². The van der Waals surface area contributed by atoms with Crippen LogP contribution < -0.4 is 0 Å². The van der Waals surface area contributed by atoms with Gasteiger partial charge in [-0.25, -0.2) is 9.59 Å². The zero-order chi connectivity index (χ0) is 20.6. The zero-order valence-electron chi connectivity index (χ0n) is 15.9. The lowest BCUT2D eigenvalue weighted by Crippen LogP contribution is -2.31. The molecule has 3 rings (SSSR count). The summed E-state index contributed by atoms with van der Waals surface area (Å²) in [6, 6.07) is 0. The maximum absolute atomic E-state index is 12.5. The number of carbonyl (C=O) groups excluding carboxylic acids is 3. The van der Waals surface area contributed by atoms with Crippen LogP contribution in [-0.2, 0) is 33.3 Å². The topological polar surface area (TPSA) is 108 Å². The van der Waals surface area contributed by atoms with Crippen LogP contribution in [0.15, 0.2) is 47.0 Å². The Labute approximate surface area is 162 Å². The van der Waals surface area contributed by atoms with Gasteiger partial charge in [-0.15, -0.1) is 0 Å². The first-order valence-electron chi connectivity index (χ1n) is 8.82. The number of ketones is 1. The first-order chi connectivity index (χ1) is 13.2. The second kappa shape index (κ2) is 7.37. The van der Waals surface area contributed by atoms with Crippen LogP contribution in [0, 0.1) is 5.92 Å². The molecule has 0 saturated carbocycles. The number of carbonyl (C=O) groups is 3. The quantitative estimate of drug-likeness (QED) is 0.549. The van der Waals surface area contributed by atoms with Crippen molar-refractivity contribution in [2.45, 2.75) is 32.0 Å². The molecule has 8 heteroatoms. The molecular weight excluding hydrogens is 368 g/mol. The molecule has 0 fully saturated rings. The van der Waals surface area contributed by atoms with Crippen LogP contribution in [0.2, 0.25) is 0 Å². The number of ether oxygens (including phenoxy) is 4.